The predicted molar refractivity (Wildman–Crippen MR) is 64.7 cm³/mol. The van der Waals surface area contributed by atoms with Crippen molar-refractivity contribution >= 4 is 17.6 Å². The molecule has 82 valence electrons. The van der Waals surface area contributed by atoms with Crippen molar-refractivity contribution in [2.24, 2.45) is 0 Å². The minimum Gasteiger partial charge on any atom is -0.373 e. The van der Waals surface area contributed by atoms with Crippen molar-refractivity contribution in [2.45, 2.75) is 16.8 Å². The second kappa shape index (κ2) is 4.94. The molecule has 0 saturated heterocycles. The van der Waals surface area contributed by atoms with Crippen molar-refractivity contribution in [3.63, 3.8) is 0 Å². The van der Waals surface area contributed by atoms with Gasteiger partial charge in [-0.25, -0.2) is 9.97 Å². The molecule has 0 saturated carbocycles. The molecule has 0 bridgehead atoms. The summed E-state index contributed by atoms with van der Waals surface area (Å²) in [6.45, 7) is 2.01. The van der Waals surface area contributed by atoms with E-state index in [9.17, 15) is 0 Å². The van der Waals surface area contributed by atoms with E-state index < -0.39 is 0 Å². The first kappa shape index (κ1) is 10.9. The Kier molecular flexibility index (Phi) is 3.36. The van der Waals surface area contributed by atoms with Gasteiger partial charge in [-0.05, 0) is 19.1 Å². The first-order valence-electron chi connectivity index (χ1n) is 4.88. The summed E-state index contributed by atoms with van der Waals surface area (Å²) in [5.41, 5.74) is 1.06. The summed E-state index contributed by atoms with van der Waals surface area (Å²) < 4.78 is 0. The van der Waals surface area contributed by atoms with Gasteiger partial charge in [-0.3, -0.25) is 4.98 Å². The fraction of sp³-hybridized carbons (Fsp3) is 0.182. The molecule has 2 rings (SSSR count). The van der Waals surface area contributed by atoms with Crippen LogP contribution < -0.4 is 5.32 Å². The highest BCUT2D eigenvalue weighted by atomic mass is 32.2. The maximum atomic E-state index is 4.27. The minimum atomic E-state index is 0.867. The van der Waals surface area contributed by atoms with E-state index in [0.29, 0.717) is 0 Å². The van der Waals surface area contributed by atoms with Crippen LogP contribution in [0, 0.1) is 6.92 Å². The quantitative estimate of drug-likeness (QED) is 0.823. The highest BCUT2D eigenvalue weighted by molar-refractivity contribution is 7.99. The molecule has 0 radical (unpaired) electrons. The maximum Gasteiger partial charge on any atom is 0.133 e. The highest BCUT2D eigenvalue weighted by Gasteiger charge is 2.06. The van der Waals surface area contributed by atoms with Gasteiger partial charge < -0.3 is 5.32 Å². The van der Waals surface area contributed by atoms with E-state index in [-0.39, 0.29) is 0 Å². The molecule has 2 aromatic heterocycles. The summed E-state index contributed by atoms with van der Waals surface area (Å²) in [6.07, 6.45) is 5.12. The van der Waals surface area contributed by atoms with Gasteiger partial charge in [-0.2, -0.15) is 0 Å². The molecule has 1 N–H and O–H groups in total. The molecular weight excluding hydrogens is 220 g/mol. The lowest BCUT2D eigenvalue weighted by atomic mass is 10.3. The summed E-state index contributed by atoms with van der Waals surface area (Å²) in [5.74, 6) is 0.867. The molecule has 16 heavy (non-hydrogen) atoms. The fourth-order valence-corrected chi connectivity index (χ4v) is 2.14. The molecule has 0 fully saturated rings. The van der Waals surface area contributed by atoms with Crippen LogP contribution in [0.15, 0.2) is 40.8 Å². The van der Waals surface area contributed by atoms with Crippen molar-refractivity contribution in [1.29, 1.82) is 0 Å². The zero-order chi connectivity index (χ0) is 11.4. The SMILES string of the molecule is CNc1ncnc(Sc2ccncc2)c1C. The van der Waals surface area contributed by atoms with Gasteiger partial charge in [0.05, 0.1) is 0 Å². The number of hydrogen-bond donors (Lipinski definition) is 1. The number of nitrogens with one attached hydrogen (secondary N) is 1. The van der Waals surface area contributed by atoms with Crippen molar-refractivity contribution < 1.29 is 0 Å². The summed E-state index contributed by atoms with van der Waals surface area (Å²) in [5, 5.41) is 4.01. The molecule has 0 atom stereocenters. The fourth-order valence-electron chi connectivity index (χ4n) is 1.31. The Morgan fingerprint density at radius 3 is 2.62 bits per heavy atom. The molecule has 0 spiro atoms. The second-order valence-electron chi connectivity index (χ2n) is 3.19. The van der Waals surface area contributed by atoms with E-state index in [1.807, 2.05) is 26.1 Å². The number of rotatable bonds is 3. The Hall–Kier alpha value is -1.62. The van der Waals surface area contributed by atoms with E-state index in [2.05, 4.69) is 20.3 Å². The average molecular weight is 232 g/mol. The molecule has 2 heterocycles. The predicted octanol–water partition coefficient (Wildman–Crippen LogP) is 2.37. The van der Waals surface area contributed by atoms with Crippen LogP contribution in [0.1, 0.15) is 5.56 Å². The van der Waals surface area contributed by atoms with Crippen LogP contribution in [0.4, 0.5) is 5.82 Å². The molecule has 0 aromatic carbocycles. The van der Waals surface area contributed by atoms with Crippen molar-refractivity contribution in [1.82, 2.24) is 15.0 Å². The van der Waals surface area contributed by atoms with E-state index in [1.54, 1.807) is 30.5 Å². The monoisotopic (exact) mass is 232 g/mol. The molecule has 4 nitrogen and oxygen atoms in total. The van der Waals surface area contributed by atoms with E-state index in [4.69, 9.17) is 0 Å². The second-order valence-corrected chi connectivity index (χ2v) is 4.25. The number of pyridine rings is 1. The van der Waals surface area contributed by atoms with Crippen LogP contribution in [-0.2, 0) is 0 Å². The van der Waals surface area contributed by atoms with Crippen molar-refractivity contribution in [3.05, 3.63) is 36.4 Å². The maximum absolute atomic E-state index is 4.27. The summed E-state index contributed by atoms with van der Waals surface area (Å²) in [6, 6.07) is 3.93. The third-order valence-electron chi connectivity index (χ3n) is 2.14. The van der Waals surface area contributed by atoms with Crippen LogP contribution in [-0.4, -0.2) is 22.0 Å². The van der Waals surface area contributed by atoms with Gasteiger partial charge in [-0.15, -0.1) is 0 Å². The van der Waals surface area contributed by atoms with Crippen molar-refractivity contribution in [2.75, 3.05) is 12.4 Å². The van der Waals surface area contributed by atoms with Gasteiger partial charge in [0.15, 0.2) is 0 Å². The topological polar surface area (TPSA) is 50.7 Å². The van der Waals surface area contributed by atoms with Gasteiger partial charge in [0.1, 0.15) is 17.2 Å². The number of anilines is 1. The third-order valence-corrected chi connectivity index (χ3v) is 3.25. The molecule has 0 aliphatic rings. The molecule has 0 amide bonds. The smallest absolute Gasteiger partial charge is 0.133 e. The van der Waals surface area contributed by atoms with Gasteiger partial charge in [-0.1, -0.05) is 11.8 Å². The normalized spacial score (nSPS) is 10.1. The lowest BCUT2D eigenvalue weighted by Crippen LogP contribution is -1.98. The standard InChI is InChI=1S/C11H12N4S/c1-8-10(12-2)14-7-15-11(8)16-9-3-5-13-6-4-9/h3-7H,1-2H3,(H,12,14,15). The largest absolute Gasteiger partial charge is 0.373 e. The van der Waals surface area contributed by atoms with Gasteiger partial charge in [0.2, 0.25) is 0 Å². The van der Waals surface area contributed by atoms with Crippen LogP contribution in [0.25, 0.3) is 0 Å². The Balaban J connectivity index is 2.28. The number of hydrogen-bond acceptors (Lipinski definition) is 5. The van der Waals surface area contributed by atoms with Gasteiger partial charge in [0, 0.05) is 29.9 Å². The van der Waals surface area contributed by atoms with Crippen molar-refractivity contribution in [3.8, 4) is 0 Å². The third kappa shape index (κ3) is 2.30. The number of nitrogens with zero attached hydrogens (tertiary/aromatic N) is 3. The van der Waals surface area contributed by atoms with E-state index >= 15 is 0 Å². The van der Waals surface area contributed by atoms with Crippen LogP contribution in [0.5, 0.6) is 0 Å². The number of aromatic nitrogens is 3. The lowest BCUT2D eigenvalue weighted by molar-refractivity contribution is 1.00. The zero-order valence-corrected chi connectivity index (χ0v) is 9.95. The average Bonchev–Trinajstić information content (AvgIpc) is 2.33. The molecular formula is C11H12N4S. The minimum absolute atomic E-state index is 0.867. The highest BCUT2D eigenvalue weighted by Crippen LogP contribution is 2.29. The lowest BCUT2D eigenvalue weighted by Gasteiger charge is -2.07. The van der Waals surface area contributed by atoms with Crippen LogP contribution in [0.3, 0.4) is 0 Å². The van der Waals surface area contributed by atoms with E-state index in [1.165, 1.54) is 0 Å². The van der Waals surface area contributed by atoms with Crippen LogP contribution >= 0.6 is 11.8 Å². The van der Waals surface area contributed by atoms with E-state index in [0.717, 1.165) is 21.3 Å². The summed E-state index contributed by atoms with van der Waals surface area (Å²) in [4.78, 5) is 13.5. The Morgan fingerprint density at radius 2 is 1.94 bits per heavy atom. The molecule has 0 aliphatic carbocycles. The molecule has 5 heteroatoms. The Bertz CT molecular complexity index is 473. The van der Waals surface area contributed by atoms with Crippen LogP contribution in [0.2, 0.25) is 0 Å². The Morgan fingerprint density at radius 1 is 1.19 bits per heavy atom. The zero-order valence-electron chi connectivity index (χ0n) is 9.14. The van der Waals surface area contributed by atoms with Gasteiger partial charge >= 0.3 is 0 Å². The molecule has 2 aromatic rings. The summed E-state index contributed by atoms with van der Waals surface area (Å²) in [7, 11) is 1.86. The van der Waals surface area contributed by atoms with Gasteiger partial charge in [0.25, 0.3) is 0 Å². The molecule has 0 aliphatic heterocycles. The Labute approximate surface area is 98.6 Å². The molecule has 0 unspecified atom stereocenters. The summed E-state index contributed by atoms with van der Waals surface area (Å²) >= 11 is 1.61. The first-order valence-corrected chi connectivity index (χ1v) is 5.70. The first-order chi connectivity index (χ1) is 7.81.